The van der Waals surface area contributed by atoms with Crippen molar-refractivity contribution in [3.63, 3.8) is 0 Å². The number of hydrogen-bond donors (Lipinski definition) is 1. The van der Waals surface area contributed by atoms with Gasteiger partial charge in [-0.2, -0.15) is 0 Å². The van der Waals surface area contributed by atoms with Crippen LogP contribution in [0, 0.1) is 5.82 Å². The number of nitrogens with zero attached hydrogens (tertiary/aromatic N) is 5. The highest BCUT2D eigenvalue weighted by atomic mass is 32.2. The van der Waals surface area contributed by atoms with Gasteiger partial charge in [0.15, 0.2) is 9.84 Å². The van der Waals surface area contributed by atoms with E-state index in [9.17, 15) is 12.8 Å². The highest BCUT2D eigenvalue weighted by Gasteiger charge is 2.21. The van der Waals surface area contributed by atoms with Crippen LogP contribution in [0.2, 0.25) is 0 Å². The van der Waals surface area contributed by atoms with Gasteiger partial charge in [-0.3, -0.25) is 0 Å². The zero-order valence-electron chi connectivity index (χ0n) is 19.5. The molecule has 1 N–H and O–H groups in total. The van der Waals surface area contributed by atoms with Crippen molar-refractivity contribution in [1.29, 1.82) is 0 Å². The van der Waals surface area contributed by atoms with Crippen LogP contribution < -0.4 is 5.32 Å². The molecule has 182 valence electrons. The molecule has 0 bridgehead atoms. The molecule has 4 aromatic rings. The van der Waals surface area contributed by atoms with Gasteiger partial charge < -0.3 is 14.8 Å². The van der Waals surface area contributed by atoms with Crippen molar-refractivity contribution in [2.45, 2.75) is 12.8 Å². The third kappa shape index (κ3) is 5.18. The summed E-state index contributed by atoms with van der Waals surface area (Å²) >= 11 is 0. The van der Waals surface area contributed by atoms with Crippen LogP contribution in [-0.2, 0) is 16.3 Å². The van der Waals surface area contributed by atoms with Crippen LogP contribution in [0.25, 0.3) is 28.0 Å². The largest absolute Gasteiger partial charge is 0.357 e. The maximum absolute atomic E-state index is 14.0. The predicted octanol–water partition coefficient (Wildman–Crippen LogP) is 3.33. The lowest BCUT2D eigenvalue weighted by Crippen LogP contribution is -2.40. The second-order valence-corrected chi connectivity index (χ2v) is 11.0. The highest BCUT2D eigenvalue weighted by Crippen LogP contribution is 2.28. The van der Waals surface area contributed by atoms with Crippen LogP contribution >= 0.6 is 0 Å². The maximum Gasteiger partial charge on any atom is 0.222 e. The van der Waals surface area contributed by atoms with Gasteiger partial charge in [0.05, 0.1) is 17.2 Å². The second-order valence-electron chi connectivity index (χ2n) is 8.71. The lowest BCUT2D eigenvalue weighted by atomic mass is 10.1. The van der Waals surface area contributed by atoms with Gasteiger partial charge in [0.25, 0.3) is 0 Å². The topological polar surface area (TPSA) is 93.0 Å². The molecule has 4 heterocycles. The summed E-state index contributed by atoms with van der Waals surface area (Å²) in [4.78, 5) is 15.7. The predicted molar refractivity (Wildman–Crippen MR) is 135 cm³/mol. The molecule has 35 heavy (non-hydrogen) atoms. The average molecular weight is 495 g/mol. The number of fused-ring (bicyclic) bond motifs is 1. The molecule has 8 nitrogen and oxygen atoms in total. The van der Waals surface area contributed by atoms with Crippen LogP contribution in [0.4, 0.5) is 10.3 Å². The number of nitrogens with one attached hydrogen (secondary N) is 1. The average Bonchev–Trinajstić information content (AvgIpc) is 3.23. The summed E-state index contributed by atoms with van der Waals surface area (Å²) in [6.07, 6.45) is 7.17. The number of aromatic nitrogens is 4. The summed E-state index contributed by atoms with van der Waals surface area (Å²) in [5.74, 6) is 0.694. The minimum atomic E-state index is -2.88. The Morgan fingerprint density at radius 1 is 1.09 bits per heavy atom. The molecular weight excluding hydrogens is 467 g/mol. The normalized spacial score (nSPS) is 15.9. The van der Waals surface area contributed by atoms with Gasteiger partial charge in [0.2, 0.25) is 5.95 Å². The molecule has 0 amide bonds. The van der Waals surface area contributed by atoms with Crippen molar-refractivity contribution in [3.8, 4) is 16.9 Å². The fourth-order valence-corrected chi connectivity index (χ4v) is 5.69. The van der Waals surface area contributed by atoms with Crippen molar-refractivity contribution < 1.29 is 12.8 Å². The Kier molecular flexibility index (Phi) is 6.48. The Morgan fingerprint density at radius 3 is 2.57 bits per heavy atom. The zero-order valence-corrected chi connectivity index (χ0v) is 20.3. The molecule has 0 spiro atoms. The summed E-state index contributed by atoms with van der Waals surface area (Å²) in [5.41, 5.74) is 4.09. The minimum absolute atomic E-state index is 0.234. The van der Waals surface area contributed by atoms with E-state index in [2.05, 4.69) is 20.2 Å². The van der Waals surface area contributed by atoms with Gasteiger partial charge >= 0.3 is 0 Å². The summed E-state index contributed by atoms with van der Waals surface area (Å²) in [5, 5.41) is 3.91. The van der Waals surface area contributed by atoms with Gasteiger partial charge in [-0.1, -0.05) is 6.07 Å². The number of anilines is 1. The smallest absolute Gasteiger partial charge is 0.222 e. The van der Waals surface area contributed by atoms with Crippen molar-refractivity contribution >= 4 is 26.8 Å². The molecule has 1 fully saturated rings. The van der Waals surface area contributed by atoms with Crippen molar-refractivity contribution in [3.05, 3.63) is 66.4 Å². The monoisotopic (exact) mass is 494 g/mol. The molecule has 3 aromatic heterocycles. The number of benzene rings is 1. The number of aryl methyl sites for hydroxylation is 1. The van der Waals surface area contributed by atoms with Crippen molar-refractivity contribution in [2.75, 3.05) is 43.5 Å². The zero-order chi connectivity index (χ0) is 24.4. The van der Waals surface area contributed by atoms with E-state index in [4.69, 9.17) is 4.98 Å². The van der Waals surface area contributed by atoms with E-state index >= 15 is 0 Å². The molecule has 0 unspecified atom stereocenters. The summed E-state index contributed by atoms with van der Waals surface area (Å²) in [7, 11) is -1.12. The number of rotatable bonds is 7. The Hall–Kier alpha value is -3.37. The van der Waals surface area contributed by atoms with Crippen LogP contribution in [-0.4, -0.2) is 71.0 Å². The third-order valence-electron chi connectivity index (χ3n) is 6.35. The van der Waals surface area contributed by atoms with Gasteiger partial charge in [-0.15, -0.1) is 0 Å². The molecule has 0 aliphatic carbocycles. The summed E-state index contributed by atoms with van der Waals surface area (Å²) < 4.78 is 39.3. The number of sulfone groups is 1. The summed E-state index contributed by atoms with van der Waals surface area (Å²) in [6, 6.07) is 10.5. The van der Waals surface area contributed by atoms with Crippen LogP contribution in [0.1, 0.15) is 12.0 Å². The number of halogens is 1. The first kappa shape index (κ1) is 23.4. The van der Waals surface area contributed by atoms with Crippen LogP contribution in [0.3, 0.4) is 0 Å². The van der Waals surface area contributed by atoms with Crippen LogP contribution in [0.5, 0.6) is 0 Å². The molecule has 0 saturated carbocycles. The Labute approximate surface area is 203 Å². The molecule has 1 saturated heterocycles. The first-order valence-corrected chi connectivity index (χ1v) is 13.4. The van der Waals surface area contributed by atoms with Gasteiger partial charge in [-0.05, 0) is 55.3 Å². The first-order valence-electron chi connectivity index (χ1n) is 11.6. The van der Waals surface area contributed by atoms with Gasteiger partial charge in [-0.25, -0.2) is 27.8 Å². The summed E-state index contributed by atoms with van der Waals surface area (Å²) in [6.45, 7) is 2.02. The van der Waals surface area contributed by atoms with E-state index in [-0.39, 0.29) is 17.3 Å². The third-order valence-corrected chi connectivity index (χ3v) is 7.96. The van der Waals surface area contributed by atoms with E-state index in [0.29, 0.717) is 24.7 Å². The van der Waals surface area contributed by atoms with Crippen molar-refractivity contribution in [1.82, 2.24) is 24.4 Å². The van der Waals surface area contributed by atoms with Crippen molar-refractivity contribution in [2.24, 2.45) is 0 Å². The SMILES string of the molecule is CNc1ncc(-c2ccc3c(CCCN4CCS(=O)(=O)CC4)cn(-c4cccc(F)c4)c3n2)cn1. The van der Waals surface area contributed by atoms with E-state index < -0.39 is 9.84 Å². The Bertz CT molecular complexity index is 1440. The number of pyridine rings is 1. The molecule has 1 aliphatic rings. The highest BCUT2D eigenvalue weighted by molar-refractivity contribution is 7.91. The lowest BCUT2D eigenvalue weighted by molar-refractivity contribution is 0.292. The molecule has 10 heteroatoms. The van der Waals surface area contributed by atoms with Gasteiger partial charge in [0.1, 0.15) is 11.5 Å². The number of hydrogen-bond acceptors (Lipinski definition) is 7. The molecule has 0 radical (unpaired) electrons. The fourth-order valence-electron chi connectivity index (χ4n) is 4.41. The molecule has 1 aliphatic heterocycles. The van der Waals surface area contributed by atoms with Crippen LogP contribution in [0.15, 0.2) is 55.0 Å². The fraction of sp³-hybridized carbons (Fsp3) is 0.320. The van der Waals surface area contributed by atoms with E-state index in [1.165, 1.54) is 12.1 Å². The second kappa shape index (κ2) is 9.71. The van der Waals surface area contributed by atoms with E-state index in [1.54, 1.807) is 25.5 Å². The maximum atomic E-state index is 14.0. The lowest BCUT2D eigenvalue weighted by Gasteiger charge is -2.26. The molecule has 1 aromatic carbocycles. The Balaban J connectivity index is 1.44. The molecular formula is C25H27FN6O2S. The van der Waals surface area contributed by atoms with E-state index in [0.717, 1.165) is 47.2 Å². The first-order chi connectivity index (χ1) is 16.9. The minimum Gasteiger partial charge on any atom is -0.357 e. The quantitative estimate of drug-likeness (QED) is 0.421. The molecule has 0 atom stereocenters. The standard InChI is InChI=1S/C25H27FN6O2S/c1-27-25-28-15-19(16-29-25)23-8-7-22-18(4-3-9-31-10-12-35(33,34)13-11-31)17-32(24(22)30-23)21-6-2-5-20(26)14-21/h2,5-8,14-17H,3-4,9-13H2,1H3,(H,27,28,29). The Morgan fingerprint density at radius 2 is 1.86 bits per heavy atom. The molecule has 5 rings (SSSR count). The van der Waals surface area contributed by atoms with E-state index in [1.807, 2.05) is 29.0 Å². The van der Waals surface area contributed by atoms with Gasteiger partial charge in [0, 0.05) is 55.4 Å².